The molecule has 12 heteroatoms. The number of halogens is 3. The zero-order valence-electron chi connectivity index (χ0n) is 20.7. The number of carbonyl (C=O) groups is 1. The van der Waals surface area contributed by atoms with E-state index in [9.17, 15) is 23.1 Å². The average molecular weight is 514 g/mol. The lowest BCUT2D eigenvalue weighted by Crippen LogP contribution is -2.40. The van der Waals surface area contributed by atoms with E-state index < -0.39 is 25.2 Å². The van der Waals surface area contributed by atoms with Gasteiger partial charge in [-0.25, -0.2) is 18.2 Å². The molecule has 0 aliphatic rings. The number of carboxylic acids is 1. The van der Waals surface area contributed by atoms with E-state index in [0.717, 1.165) is 24.0 Å². The molecule has 2 atom stereocenters. The molecule has 0 fully saturated rings. The summed E-state index contributed by atoms with van der Waals surface area (Å²) in [5.41, 5.74) is 8.44. The zero-order chi connectivity index (χ0) is 26.8. The molecule has 0 radical (unpaired) electrons. The number of aromatic nitrogens is 2. The van der Waals surface area contributed by atoms with Gasteiger partial charge in [-0.2, -0.15) is 4.98 Å². The van der Waals surface area contributed by atoms with Crippen molar-refractivity contribution in [3.63, 3.8) is 0 Å². The van der Waals surface area contributed by atoms with Gasteiger partial charge in [0.2, 0.25) is 12.2 Å². The number of nitrogens with zero attached hydrogens (tertiary/aromatic N) is 3. The van der Waals surface area contributed by atoms with Crippen molar-refractivity contribution in [3.05, 3.63) is 40.6 Å². The third-order valence-electron chi connectivity index (χ3n) is 5.69. The number of aliphatic hydroxyl groups excluding tert-OH is 1. The molecule has 0 bridgehead atoms. The van der Waals surface area contributed by atoms with Gasteiger partial charge in [0.25, 0.3) is 6.43 Å². The monoisotopic (exact) mass is 513 g/mol. The van der Waals surface area contributed by atoms with Gasteiger partial charge in [0.15, 0.2) is 0 Å². The van der Waals surface area contributed by atoms with Crippen LogP contribution in [0, 0.1) is 6.92 Å². The van der Waals surface area contributed by atoms with E-state index in [1.807, 2.05) is 6.92 Å². The summed E-state index contributed by atoms with van der Waals surface area (Å²) >= 11 is 0. The Bertz CT molecular complexity index is 1010. The minimum absolute atomic E-state index is 0.0135. The SMILES string of the molecule is CCC[C@@H](CCO)Nc1nc(N)nc(C)c1Cc1ccc(CN(CC(=O)O)C(F)C(F)F)cc1OC. The summed E-state index contributed by atoms with van der Waals surface area (Å²) in [7, 11) is 1.44. The standard InChI is InChI=1S/C24H34F3N5O4/c1-4-5-17(8-9-33)30-23-18(14(2)29-24(28)31-23)11-16-7-6-15(10-19(16)36-3)12-32(13-20(34)35)22(27)21(25)26/h6-7,10,17,21-22,33H,4-5,8-9,11-13H2,1-3H3,(H,34,35)(H3,28,29,30,31)/t17-,22?/m0/s1. The molecular formula is C24H34F3N5O4. The number of rotatable bonds is 15. The molecule has 0 aliphatic carbocycles. The van der Waals surface area contributed by atoms with Gasteiger partial charge in [0, 0.05) is 36.9 Å². The van der Waals surface area contributed by atoms with E-state index in [2.05, 4.69) is 15.3 Å². The van der Waals surface area contributed by atoms with E-state index in [4.69, 9.17) is 15.6 Å². The molecule has 200 valence electrons. The first-order valence-electron chi connectivity index (χ1n) is 11.6. The number of aryl methyl sites for hydroxylation is 1. The van der Waals surface area contributed by atoms with Crippen LogP contribution in [0.5, 0.6) is 5.75 Å². The second-order valence-corrected chi connectivity index (χ2v) is 8.47. The summed E-state index contributed by atoms with van der Waals surface area (Å²) in [6.45, 7) is 2.65. The summed E-state index contributed by atoms with van der Waals surface area (Å²) < 4.78 is 45.2. The molecule has 2 rings (SSSR count). The van der Waals surface area contributed by atoms with Gasteiger partial charge in [-0.15, -0.1) is 0 Å². The number of nitrogen functional groups attached to an aromatic ring is 1. The average Bonchev–Trinajstić information content (AvgIpc) is 2.80. The highest BCUT2D eigenvalue weighted by molar-refractivity contribution is 5.69. The lowest BCUT2D eigenvalue weighted by Gasteiger charge is -2.24. The fraction of sp³-hybridized carbons (Fsp3) is 0.542. The summed E-state index contributed by atoms with van der Waals surface area (Å²) in [6.07, 6.45) is -3.45. The number of hydrogen-bond donors (Lipinski definition) is 4. The van der Waals surface area contributed by atoms with Gasteiger partial charge in [-0.05, 0) is 37.0 Å². The van der Waals surface area contributed by atoms with Crippen molar-refractivity contribution in [1.82, 2.24) is 14.9 Å². The molecule has 36 heavy (non-hydrogen) atoms. The molecule has 0 aliphatic heterocycles. The van der Waals surface area contributed by atoms with Crippen molar-refractivity contribution in [2.24, 2.45) is 0 Å². The number of anilines is 2. The van der Waals surface area contributed by atoms with Crippen molar-refractivity contribution in [2.45, 2.75) is 64.8 Å². The van der Waals surface area contributed by atoms with Crippen molar-refractivity contribution < 1.29 is 32.9 Å². The Morgan fingerprint density at radius 1 is 1.25 bits per heavy atom. The molecule has 1 unspecified atom stereocenters. The van der Waals surface area contributed by atoms with Gasteiger partial charge in [0.1, 0.15) is 11.6 Å². The van der Waals surface area contributed by atoms with E-state index >= 15 is 0 Å². The molecule has 1 heterocycles. The molecule has 2 aromatic rings. The minimum atomic E-state index is -3.34. The van der Waals surface area contributed by atoms with Gasteiger partial charge in [-0.3, -0.25) is 9.69 Å². The van der Waals surface area contributed by atoms with E-state index in [0.29, 0.717) is 40.6 Å². The maximum absolute atomic E-state index is 14.0. The first-order chi connectivity index (χ1) is 17.1. The highest BCUT2D eigenvalue weighted by Crippen LogP contribution is 2.29. The number of nitrogens with one attached hydrogen (secondary N) is 1. The number of aliphatic hydroxyl groups is 1. The largest absolute Gasteiger partial charge is 0.496 e. The molecule has 0 saturated carbocycles. The lowest BCUT2D eigenvalue weighted by atomic mass is 10.0. The number of benzene rings is 1. The van der Waals surface area contributed by atoms with Crippen molar-refractivity contribution >= 4 is 17.7 Å². The Morgan fingerprint density at radius 2 is 1.97 bits per heavy atom. The number of carboxylic acid groups (broad SMARTS) is 1. The van der Waals surface area contributed by atoms with Crippen LogP contribution >= 0.6 is 0 Å². The summed E-state index contributed by atoms with van der Waals surface area (Å²) in [6, 6.07) is 4.87. The van der Waals surface area contributed by atoms with Crippen LogP contribution in [0.2, 0.25) is 0 Å². The maximum Gasteiger partial charge on any atom is 0.317 e. The van der Waals surface area contributed by atoms with Crippen LogP contribution in [0.4, 0.5) is 24.9 Å². The third kappa shape index (κ3) is 8.23. The minimum Gasteiger partial charge on any atom is -0.496 e. The van der Waals surface area contributed by atoms with E-state index in [-0.39, 0.29) is 25.1 Å². The molecular weight excluding hydrogens is 479 g/mol. The van der Waals surface area contributed by atoms with Crippen LogP contribution in [-0.4, -0.2) is 70.1 Å². The molecule has 9 nitrogen and oxygen atoms in total. The quantitative estimate of drug-likeness (QED) is 0.265. The first-order valence-corrected chi connectivity index (χ1v) is 11.6. The summed E-state index contributed by atoms with van der Waals surface area (Å²) in [5.74, 6) is -0.345. The highest BCUT2D eigenvalue weighted by atomic mass is 19.3. The van der Waals surface area contributed by atoms with Crippen LogP contribution < -0.4 is 15.8 Å². The van der Waals surface area contributed by atoms with Gasteiger partial charge in [0.05, 0.1) is 13.7 Å². The second-order valence-electron chi connectivity index (χ2n) is 8.47. The molecule has 0 saturated heterocycles. The number of alkyl halides is 3. The lowest BCUT2D eigenvalue weighted by molar-refractivity contribution is -0.142. The van der Waals surface area contributed by atoms with Crippen molar-refractivity contribution in [1.29, 1.82) is 0 Å². The number of nitrogens with two attached hydrogens (primary N) is 1. The molecule has 0 spiro atoms. The number of aliphatic carboxylic acids is 1. The smallest absolute Gasteiger partial charge is 0.317 e. The van der Waals surface area contributed by atoms with Crippen LogP contribution in [0.3, 0.4) is 0 Å². The Kier molecular flexibility index (Phi) is 11.2. The maximum atomic E-state index is 14.0. The summed E-state index contributed by atoms with van der Waals surface area (Å²) in [4.78, 5) is 20.2. The molecule has 0 amide bonds. The zero-order valence-corrected chi connectivity index (χ0v) is 20.7. The number of methoxy groups -OCH3 is 1. The van der Waals surface area contributed by atoms with Crippen LogP contribution in [-0.2, 0) is 17.8 Å². The van der Waals surface area contributed by atoms with Crippen LogP contribution in [0.25, 0.3) is 0 Å². The fourth-order valence-electron chi connectivity index (χ4n) is 3.96. The van der Waals surface area contributed by atoms with Crippen LogP contribution in [0.15, 0.2) is 18.2 Å². The summed E-state index contributed by atoms with van der Waals surface area (Å²) in [5, 5.41) is 21.8. The van der Waals surface area contributed by atoms with Gasteiger partial charge >= 0.3 is 5.97 Å². The van der Waals surface area contributed by atoms with Crippen molar-refractivity contribution in [3.8, 4) is 5.75 Å². The topological polar surface area (TPSA) is 134 Å². The van der Waals surface area contributed by atoms with Crippen LogP contribution in [0.1, 0.15) is 48.6 Å². The first kappa shape index (κ1) is 29.1. The predicted molar refractivity (Wildman–Crippen MR) is 130 cm³/mol. The molecule has 5 N–H and O–H groups in total. The highest BCUT2D eigenvalue weighted by Gasteiger charge is 2.29. The third-order valence-corrected chi connectivity index (χ3v) is 5.69. The Balaban J connectivity index is 2.36. The molecule has 1 aromatic heterocycles. The fourth-order valence-corrected chi connectivity index (χ4v) is 3.96. The van der Waals surface area contributed by atoms with E-state index in [1.54, 1.807) is 25.1 Å². The van der Waals surface area contributed by atoms with Gasteiger partial charge in [-0.1, -0.05) is 25.5 Å². The van der Waals surface area contributed by atoms with Crippen molar-refractivity contribution in [2.75, 3.05) is 31.3 Å². The van der Waals surface area contributed by atoms with Gasteiger partial charge < -0.3 is 26.0 Å². The predicted octanol–water partition coefficient (Wildman–Crippen LogP) is 3.38. The Hall–Kier alpha value is -3.12. The van der Waals surface area contributed by atoms with E-state index in [1.165, 1.54) is 7.11 Å². The second kappa shape index (κ2) is 13.8. The number of ether oxygens (including phenoxy) is 1. The molecule has 1 aromatic carbocycles. The Morgan fingerprint density at radius 3 is 2.56 bits per heavy atom. The normalized spacial score (nSPS) is 13.1. The Labute approximate surface area is 208 Å². The number of hydrogen-bond acceptors (Lipinski definition) is 8.